The average Bonchev–Trinajstić information content (AvgIpc) is 2.95. The molecule has 0 saturated carbocycles. The van der Waals surface area contributed by atoms with Gasteiger partial charge >= 0.3 is 0 Å². The smallest absolute Gasteiger partial charge is 0.251 e. The molecule has 22 heavy (non-hydrogen) atoms. The number of hydrogen-bond donors (Lipinski definition) is 2. The van der Waals surface area contributed by atoms with Crippen LogP contribution < -0.4 is 10.6 Å². The van der Waals surface area contributed by atoms with Crippen molar-refractivity contribution in [2.45, 2.75) is 32.7 Å². The van der Waals surface area contributed by atoms with E-state index in [2.05, 4.69) is 20.8 Å². The Kier molecular flexibility index (Phi) is 5.60. The Bertz CT molecular complexity index is 642. The lowest BCUT2D eigenvalue weighted by atomic mass is 10.1. The van der Waals surface area contributed by atoms with Gasteiger partial charge in [-0.05, 0) is 25.5 Å². The largest absolute Gasteiger partial charge is 0.349 e. The van der Waals surface area contributed by atoms with Gasteiger partial charge in [0.2, 0.25) is 11.0 Å². The lowest BCUT2D eigenvalue weighted by Crippen LogP contribution is -2.35. The van der Waals surface area contributed by atoms with Crippen molar-refractivity contribution in [1.29, 1.82) is 0 Å². The van der Waals surface area contributed by atoms with Crippen LogP contribution in [-0.4, -0.2) is 28.1 Å². The normalized spacial score (nSPS) is 11.7. The van der Waals surface area contributed by atoms with Gasteiger partial charge < -0.3 is 10.6 Å². The van der Waals surface area contributed by atoms with Gasteiger partial charge in [-0.25, -0.2) is 0 Å². The van der Waals surface area contributed by atoms with Gasteiger partial charge in [0.1, 0.15) is 5.01 Å². The molecule has 0 spiro atoms. The molecule has 2 aromatic rings. The summed E-state index contributed by atoms with van der Waals surface area (Å²) >= 11 is 1.36. The number of benzene rings is 1. The van der Waals surface area contributed by atoms with Gasteiger partial charge in [0.15, 0.2) is 0 Å². The van der Waals surface area contributed by atoms with Crippen molar-refractivity contribution in [3.05, 3.63) is 40.9 Å². The molecule has 0 bridgehead atoms. The number of aryl methyl sites for hydroxylation is 1. The average molecular weight is 318 g/mol. The molecule has 0 fully saturated rings. The maximum Gasteiger partial charge on any atom is 0.251 e. The first-order chi connectivity index (χ1) is 10.6. The fraction of sp³-hybridized carbons (Fsp3) is 0.333. The SMILES string of the molecule is CCc1nnc(NC(=O)CC(C)NC(=O)c2ccccc2)s1. The summed E-state index contributed by atoms with van der Waals surface area (Å²) in [5.41, 5.74) is 0.575. The molecule has 0 aliphatic heterocycles. The quantitative estimate of drug-likeness (QED) is 0.855. The maximum atomic E-state index is 12.0. The molecule has 0 saturated heterocycles. The number of carbonyl (C=O) groups is 2. The summed E-state index contributed by atoms with van der Waals surface area (Å²) in [4.78, 5) is 23.9. The topological polar surface area (TPSA) is 84.0 Å². The monoisotopic (exact) mass is 318 g/mol. The minimum Gasteiger partial charge on any atom is -0.349 e. The Hall–Kier alpha value is -2.28. The first kappa shape index (κ1) is 16.1. The van der Waals surface area contributed by atoms with Crippen LogP contribution in [0.15, 0.2) is 30.3 Å². The van der Waals surface area contributed by atoms with Gasteiger partial charge in [-0.2, -0.15) is 0 Å². The standard InChI is InChI=1S/C15H18N4O2S/c1-3-13-18-19-15(22-13)17-12(20)9-10(2)16-14(21)11-7-5-4-6-8-11/h4-8,10H,3,9H2,1-2H3,(H,16,21)(H,17,19,20). The van der Waals surface area contributed by atoms with E-state index in [1.165, 1.54) is 11.3 Å². The van der Waals surface area contributed by atoms with Gasteiger partial charge in [-0.15, -0.1) is 10.2 Å². The molecule has 1 heterocycles. The fourth-order valence-electron chi connectivity index (χ4n) is 1.84. The predicted molar refractivity (Wildman–Crippen MR) is 85.9 cm³/mol. The zero-order chi connectivity index (χ0) is 15.9. The predicted octanol–water partition coefficient (Wildman–Crippen LogP) is 2.25. The van der Waals surface area contributed by atoms with Crippen molar-refractivity contribution >= 4 is 28.3 Å². The van der Waals surface area contributed by atoms with Gasteiger partial charge in [-0.1, -0.05) is 36.5 Å². The molecule has 116 valence electrons. The van der Waals surface area contributed by atoms with Crippen LogP contribution in [0.25, 0.3) is 0 Å². The van der Waals surface area contributed by atoms with E-state index in [0.717, 1.165) is 11.4 Å². The summed E-state index contributed by atoms with van der Waals surface area (Å²) in [6.07, 6.45) is 0.969. The molecule has 2 N–H and O–H groups in total. The number of nitrogens with zero attached hydrogens (tertiary/aromatic N) is 2. The van der Waals surface area contributed by atoms with Gasteiger partial charge in [0.25, 0.3) is 5.91 Å². The second kappa shape index (κ2) is 7.65. The molecule has 7 heteroatoms. The highest BCUT2D eigenvalue weighted by Crippen LogP contribution is 2.15. The molecule has 0 radical (unpaired) electrons. The van der Waals surface area contributed by atoms with Crippen LogP contribution in [0.5, 0.6) is 0 Å². The highest BCUT2D eigenvalue weighted by atomic mass is 32.1. The molecule has 2 rings (SSSR count). The molecule has 1 unspecified atom stereocenters. The summed E-state index contributed by atoms with van der Waals surface area (Å²) in [6, 6.07) is 8.64. The van der Waals surface area contributed by atoms with Crippen molar-refractivity contribution < 1.29 is 9.59 Å². The Morgan fingerprint density at radius 3 is 2.59 bits per heavy atom. The lowest BCUT2D eigenvalue weighted by Gasteiger charge is -2.13. The van der Waals surface area contributed by atoms with E-state index in [1.807, 2.05) is 13.0 Å². The zero-order valence-corrected chi connectivity index (χ0v) is 13.3. The van der Waals surface area contributed by atoms with Crippen LogP contribution in [-0.2, 0) is 11.2 Å². The summed E-state index contributed by atoms with van der Waals surface area (Å²) in [6.45, 7) is 3.77. The fourth-order valence-corrected chi connectivity index (χ4v) is 2.54. The second-order valence-electron chi connectivity index (χ2n) is 4.85. The second-order valence-corrected chi connectivity index (χ2v) is 5.91. The van der Waals surface area contributed by atoms with Crippen LogP contribution in [0.2, 0.25) is 0 Å². The van der Waals surface area contributed by atoms with Crippen molar-refractivity contribution in [3.8, 4) is 0 Å². The summed E-state index contributed by atoms with van der Waals surface area (Å²) in [5, 5.41) is 14.7. The first-order valence-electron chi connectivity index (χ1n) is 7.06. The van der Waals surface area contributed by atoms with E-state index in [4.69, 9.17) is 0 Å². The van der Waals surface area contributed by atoms with E-state index in [9.17, 15) is 9.59 Å². The summed E-state index contributed by atoms with van der Waals surface area (Å²) in [7, 11) is 0. The van der Waals surface area contributed by atoms with Crippen molar-refractivity contribution in [2.24, 2.45) is 0 Å². The van der Waals surface area contributed by atoms with Crippen LogP contribution in [0.3, 0.4) is 0 Å². The Balaban J connectivity index is 1.82. The number of carbonyl (C=O) groups excluding carboxylic acids is 2. The van der Waals surface area contributed by atoms with Crippen molar-refractivity contribution in [3.63, 3.8) is 0 Å². The number of hydrogen-bond acceptors (Lipinski definition) is 5. The third-order valence-corrected chi connectivity index (χ3v) is 3.90. The van der Waals surface area contributed by atoms with E-state index in [1.54, 1.807) is 31.2 Å². The van der Waals surface area contributed by atoms with Gasteiger partial charge in [-0.3, -0.25) is 9.59 Å². The number of aromatic nitrogens is 2. The van der Waals surface area contributed by atoms with Gasteiger partial charge in [0, 0.05) is 18.0 Å². The molecular weight excluding hydrogens is 300 g/mol. The molecule has 0 aliphatic rings. The number of anilines is 1. The number of amides is 2. The van der Waals surface area contributed by atoms with Crippen LogP contribution in [0, 0.1) is 0 Å². The van der Waals surface area contributed by atoms with Crippen molar-refractivity contribution in [2.75, 3.05) is 5.32 Å². The van der Waals surface area contributed by atoms with E-state index in [0.29, 0.717) is 10.7 Å². The Morgan fingerprint density at radius 1 is 1.23 bits per heavy atom. The van der Waals surface area contributed by atoms with E-state index in [-0.39, 0.29) is 24.3 Å². The molecule has 1 aromatic heterocycles. The lowest BCUT2D eigenvalue weighted by molar-refractivity contribution is -0.116. The summed E-state index contributed by atoms with van der Waals surface area (Å²) in [5.74, 6) is -0.384. The number of nitrogens with one attached hydrogen (secondary N) is 2. The highest BCUT2D eigenvalue weighted by Gasteiger charge is 2.14. The van der Waals surface area contributed by atoms with E-state index >= 15 is 0 Å². The molecule has 1 atom stereocenters. The third-order valence-electron chi connectivity index (χ3n) is 2.92. The maximum absolute atomic E-state index is 12.0. The minimum absolute atomic E-state index is 0.180. The zero-order valence-electron chi connectivity index (χ0n) is 12.5. The van der Waals surface area contributed by atoms with Gasteiger partial charge in [0.05, 0.1) is 0 Å². The molecular formula is C15H18N4O2S. The molecule has 6 nitrogen and oxygen atoms in total. The molecule has 2 amide bonds. The Morgan fingerprint density at radius 2 is 1.95 bits per heavy atom. The van der Waals surface area contributed by atoms with Crippen LogP contribution in [0.1, 0.15) is 35.6 Å². The molecule has 1 aromatic carbocycles. The number of rotatable bonds is 6. The van der Waals surface area contributed by atoms with Crippen LogP contribution in [0.4, 0.5) is 5.13 Å². The first-order valence-corrected chi connectivity index (χ1v) is 7.88. The minimum atomic E-state index is -0.272. The Labute approximate surface area is 133 Å². The van der Waals surface area contributed by atoms with Crippen molar-refractivity contribution in [1.82, 2.24) is 15.5 Å². The summed E-state index contributed by atoms with van der Waals surface area (Å²) < 4.78 is 0. The molecule has 0 aliphatic carbocycles. The third kappa shape index (κ3) is 4.63. The highest BCUT2D eigenvalue weighted by molar-refractivity contribution is 7.15. The van der Waals surface area contributed by atoms with E-state index < -0.39 is 0 Å². The van der Waals surface area contributed by atoms with Crippen LogP contribution >= 0.6 is 11.3 Å².